The van der Waals surface area contributed by atoms with Crippen LogP contribution in [0.3, 0.4) is 0 Å². The molecule has 0 aliphatic carbocycles. The molecule has 22 heavy (non-hydrogen) atoms. The molecular formula is C16H8Br2F2N2. The summed E-state index contributed by atoms with van der Waals surface area (Å²) in [6.07, 6.45) is 0. The number of hydrogen-bond acceptors (Lipinski definition) is 0. The van der Waals surface area contributed by atoms with Gasteiger partial charge in [0, 0.05) is 41.9 Å². The molecule has 2 aromatic carbocycles. The summed E-state index contributed by atoms with van der Waals surface area (Å²) in [5.74, 6) is -1.10. The van der Waals surface area contributed by atoms with Gasteiger partial charge in [-0.05, 0) is 36.4 Å². The largest absolute Gasteiger partial charge is 0.331 e. The van der Waals surface area contributed by atoms with Crippen LogP contribution in [-0.2, 0) is 0 Å². The van der Waals surface area contributed by atoms with Crippen LogP contribution >= 0.6 is 31.9 Å². The minimum atomic E-state index is -0.548. The summed E-state index contributed by atoms with van der Waals surface area (Å²) in [7, 11) is 0. The highest BCUT2D eigenvalue weighted by molar-refractivity contribution is 9.10. The van der Waals surface area contributed by atoms with Crippen molar-refractivity contribution in [2.24, 2.45) is 0 Å². The van der Waals surface area contributed by atoms with Gasteiger partial charge >= 0.3 is 0 Å². The number of rotatable bonds is 1. The Bertz CT molecular complexity index is 950. The van der Waals surface area contributed by atoms with E-state index >= 15 is 0 Å². The van der Waals surface area contributed by atoms with Crippen molar-refractivity contribution in [2.45, 2.75) is 0 Å². The highest BCUT2D eigenvalue weighted by atomic mass is 79.9. The van der Waals surface area contributed by atoms with Crippen molar-refractivity contribution >= 4 is 53.7 Å². The fourth-order valence-corrected chi connectivity index (χ4v) is 3.47. The number of fused-ring (bicyclic) bond motifs is 2. The molecule has 0 saturated carbocycles. The Balaban J connectivity index is 2.15. The number of halogens is 4. The lowest BCUT2D eigenvalue weighted by Gasteiger charge is -2.00. The van der Waals surface area contributed by atoms with E-state index in [1.165, 1.54) is 0 Å². The van der Waals surface area contributed by atoms with Crippen LogP contribution in [0.2, 0.25) is 0 Å². The van der Waals surface area contributed by atoms with E-state index in [4.69, 9.17) is 0 Å². The third kappa shape index (κ3) is 2.01. The van der Waals surface area contributed by atoms with Crippen molar-refractivity contribution in [1.29, 1.82) is 0 Å². The van der Waals surface area contributed by atoms with Gasteiger partial charge in [0.05, 0.1) is 0 Å². The quantitative estimate of drug-likeness (QED) is 0.368. The van der Waals surface area contributed by atoms with Crippen LogP contribution in [0.25, 0.3) is 32.9 Å². The molecule has 2 nitrogen and oxygen atoms in total. The molecule has 4 rings (SSSR count). The maximum absolute atomic E-state index is 14.4. The highest BCUT2D eigenvalue weighted by Gasteiger charge is 2.21. The van der Waals surface area contributed by atoms with Crippen LogP contribution in [0.4, 0.5) is 8.78 Å². The SMILES string of the molecule is Fc1[nH]c2ccc(Br)cc2c1-c1c(F)[nH]c2ccc(Br)cc12. The van der Waals surface area contributed by atoms with Gasteiger partial charge in [-0.25, -0.2) is 0 Å². The van der Waals surface area contributed by atoms with Gasteiger partial charge in [0.1, 0.15) is 0 Å². The van der Waals surface area contributed by atoms with Gasteiger partial charge < -0.3 is 9.97 Å². The Morgan fingerprint density at radius 3 is 1.50 bits per heavy atom. The van der Waals surface area contributed by atoms with Gasteiger partial charge in [0.25, 0.3) is 0 Å². The van der Waals surface area contributed by atoms with Gasteiger partial charge in [0.15, 0.2) is 11.9 Å². The Morgan fingerprint density at radius 1 is 0.682 bits per heavy atom. The number of hydrogen-bond donors (Lipinski definition) is 2. The van der Waals surface area contributed by atoms with Gasteiger partial charge in [0.2, 0.25) is 0 Å². The highest BCUT2D eigenvalue weighted by Crippen LogP contribution is 2.39. The van der Waals surface area contributed by atoms with Crippen molar-refractivity contribution < 1.29 is 8.78 Å². The lowest BCUT2D eigenvalue weighted by molar-refractivity contribution is 0.584. The minimum absolute atomic E-state index is 0.234. The van der Waals surface area contributed by atoms with Crippen LogP contribution in [0.1, 0.15) is 0 Å². The summed E-state index contributed by atoms with van der Waals surface area (Å²) in [4.78, 5) is 5.34. The molecule has 0 bridgehead atoms. The van der Waals surface area contributed by atoms with Gasteiger partial charge in [-0.2, -0.15) is 8.78 Å². The van der Waals surface area contributed by atoms with E-state index < -0.39 is 11.9 Å². The molecule has 0 aliphatic rings. The zero-order chi connectivity index (χ0) is 15.4. The monoisotopic (exact) mass is 424 g/mol. The summed E-state index contributed by atoms with van der Waals surface area (Å²) < 4.78 is 30.5. The summed E-state index contributed by atoms with van der Waals surface area (Å²) in [6, 6.07) is 10.7. The van der Waals surface area contributed by atoms with Crippen molar-refractivity contribution in [3.8, 4) is 11.1 Å². The number of benzene rings is 2. The minimum Gasteiger partial charge on any atom is -0.331 e. The third-order valence-corrected chi connectivity index (χ3v) is 4.67. The van der Waals surface area contributed by atoms with Gasteiger partial charge in [-0.15, -0.1) is 0 Å². The van der Waals surface area contributed by atoms with E-state index in [1.807, 2.05) is 12.1 Å². The first kappa shape index (κ1) is 14.0. The topological polar surface area (TPSA) is 31.6 Å². The standard InChI is InChI=1S/C16H8Br2F2N2/c17-7-1-3-11-9(5-7)13(15(19)21-11)14-10-6-8(18)2-4-12(10)22-16(14)20/h1-6,21-22H. The Hall–Kier alpha value is -1.66. The molecule has 0 fully saturated rings. The fraction of sp³-hybridized carbons (Fsp3) is 0. The van der Waals surface area contributed by atoms with Crippen molar-refractivity contribution in [2.75, 3.05) is 0 Å². The second kappa shape index (κ2) is 4.93. The molecule has 2 heterocycles. The van der Waals surface area contributed by atoms with E-state index in [2.05, 4.69) is 41.8 Å². The summed E-state index contributed by atoms with van der Waals surface area (Å²) in [5, 5.41) is 1.26. The van der Waals surface area contributed by atoms with Crippen LogP contribution in [0.15, 0.2) is 45.3 Å². The molecule has 0 atom stereocenters. The van der Waals surface area contributed by atoms with E-state index in [0.29, 0.717) is 21.8 Å². The number of nitrogens with one attached hydrogen (secondary N) is 2. The Kier molecular flexibility index (Phi) is 3.13. The van der Waals surface area contributed by atoms with Gasteiger partial charge in [-0.1, -0.05) is 31.9 Å². The zero-order valence-corrected chi connectivity index (χ0v) is 14.1. The predicted molar refractivity (Wildman–Crippen MR) is 90.9 cm³/mol. The number of H-pyrrole nitrogens is 2. The molecule has 6 heteroatoms. The summed E-state index contributed by atoms with van der Waals surface area (Å²) >= 11 is 6.75. The molecule has 0 unspecified atom stereocenters. The molecule has 110 valence electrons. The smallest absolute Gasteiger partial charge is 0.200 e. The normalized spacial score (nSPS) is 11.6. The van der Waals surface area contributed by atoms with Crippen molar-refractivity contribution in [1.82, 2.24) is 9.97 Å². The molecule has 0 amide bonds. The third-order valence-electron chi connectivity index (χ3n) is 3.68. The lowest BCUT2D eigenvalue weighted by Crippen LogP contribution is -1.83. The molecule has 2 N–H and O–H groups in total. The first-order valence-corrected chi connectivity index (χ1v) is 8.07. The van der Waals surface area contributed by atoms with E-state index in [-0.39, 0.29) is 11.1 Å². The Labute approximate surface area is 140 Å². The van der Waals surface area contributed by atoms with Crippen molar-refractivity contribution in [3.05, 3.63) is 57.2 Å². The molecule has 0 radical (unpaired) electrons. The molecule has 0 spiro atoms. The molecular weight excluding hydrogens is 418 g/mol. The summed E-state index contributed by atoms with van der Waals surface area (Å²) in [5.41, 5.74) is 1.72. The van der Waals surface area contributed by atoms with Gasteiger partial charge in [-0.3, -0.25) is 0 Å². The first-order valence-electron chi connectivity index (χ1n) is 6.48. The first-order chi connectivity index (χ1) is 10.5. The lowest BCUT2D eigenvalue weighted by atomic mass is 10.0. The predicted octanol–water partition coefficient (Wildman–Crippen LogP) is 6.12. The van der Waals surface area contributed by atoms with Crippen LogP contribution in [-0.4, -0.2) is 9.97 Å². The zero-order valence-electron chi connectivity index (χ0n) is 11.0. The van der Waals surface area contributed by atoms with E-state index in [9.17, 15) is 8.78 Å². The fourth-order valence-electron chi connectivity index (χ4n) is 2.75. The van der Waals surface area contributed by atoms with Crippen LogP contribution in [0.5, 0.6) is 0 Å². The Morgan fingerprint density at radius 2 is 1.09 bits per heavy atom. The number of aromatic nitrogens is 2. The van der Waals surface area contributed by atoms with Crippen LogP contribution < -0.4 is 0 Å². The van der Waals surface area contributed by atoms with E-state index in [1.54, 1.807) is 24.3 Å². The maximum Gasteiger partial charge on any atom is 0.200 e. The van der Waals surface area contributed by atoms with E-state index in [0.717, 1.165) is 8.95 Å². The number of aromatic amines is 2. The second-order valence-corrected chi connectivity index (χ2v) is 6.84. The maximum atomic E-state index is 14.4. The van der Waals surface area contributed by atoms with Crippen molar-refractivity contribution in [3.63, 3.8) is 0 Å². The molecule has 2 aromatic heterocycles. The second-order valence-electron chi connectivity index (χ2n) is 5.01. The average Bonchev–Trinajstić information content (AvgIpc) is 2.94. The molecule has 0 aliphatic heterocycles. The average molecular weight is 426 g/mol. The van der Waals surface area contributed by atoms with Crippen LogP contribution in [0, 0.1) is 11.9 Å². The summed E-state index contributed by atoms with van der Waals surface area (Å²) in [6.45, 7) is 0. The molecule has 0 saturated heterocycles. The molecule has 4 aromatic rings.